The van der Waals surface area contributed by atoms with Crippen LogP contribution in [0.3, 0.4) is 0 Å². The van der Waals surface area contributed by atoms with Crippen molar-refractivity contribution in [1.29, 1.82) is 0 Å². The Morgan fingerprint density at radius 2 is 2.14 bits per heavy atom. The minimum absolute atomic E-state index is 0.00641. The molecule has 1 aliphatic carbocycles. The molecule has 0 spiro atoms. The topological polar surface area (TPSA) is 111 Å². The van der Waals surface area contributed by atoms with Crippen LogP contribution < -0.4 is 5.32 Å². The molecule has 4 heterocycles. The van der Waals surface area contributed by atoms with Gasteiger partial charge in [-0.25, -0.2) is 9.97 Å². The first-order valence-electron chi connectivity index (χ1n) is 10.8. The number of ether oxygens (including phenoxy) is 1. The fourth-order valence-electron chi connectivity index (χ4n) is 3.77. The number of hydrogen-bond donors (Lipinski definition) is 2. The highest BCUT2D eigenvalue weighted by Crippen LogP contribution is 2.37. The minimum Gasteiger partial charge on any atom is -0.378 e. The third-order valence-electron chi connectivity index (χ3n) is 5.59. The first kappa shape index (κ1) is 23.2. The van der Waals surface area contributed by atoms with Crippen molar-refractivity contribution in [2.24, 2.45) is 0 Å². The highest BCUT2D eigenvalue weighted by molar-refractivity contribution is 7.13. The standard InChI is InChI=1S/C22H20F3N7O2S/c1-2-34-14-6-13(7-14)32-10-16(19(31-32)15-4-3-5-18(28-15)22(23,24)25)29-20(33)17-11-35-21(30-17)12-8-26-27-9-12/h3-5,8-11,13-14H,2,6-7H2,1H3,(H,26,27)(H,29,33)/t13-,14-. The molecular weight excluding hydrogens is 483 g/mol. The summed E-state index contributed by atoms with van der Waals surface area (Å²) < 4.78 is 47.0. The van der Waals surface area contributed by atoms with E-state index in [1.54, 1.807) is 28.7 Å². The zero-order valence-electron chi connectivity index (χ0n) is 18.4. The van der Waals surface area contributed by atoms with E-state index in [4.69, 9.17) is 4.74 Å². The number of carbonyl (C=O) groups excluding carboxylic acids is 1. The maximum atomic E-state index is 13.3. The number of thiazole rings is 1. The monoisotopic (exact) mass is 503 g/mol. The van der Waals surface area contributed by atoms with Crippen LogP contribution in [-0.2, 0) is 10.9 Å². The van der Waals surface area contributed by atoms with Gasteiger partial charge in [-0.05, 0) is 31.9 Å². The number of halogens is 3. The summed E-state index contributed by atoms with van der Waals surface area (Å²) in [6.45, 7) is 2.52. The van der Waals surface area contributed by atoms with Crippen molar-refractivity contribution in [3.05, 3.63) is 53.6 Å². The number of nitrogens with zero attached hydrogens (tertiary/aromatic N) is 5. The van der Waals surface area contributed by atoms with E-state index in [1.165, 1.54) is 23.5 Å². The van der Waals surface area contributed by atoms with Crippen LogP contribution in [-0.4, -0.2) is 48.6 Å². The maximum absolute atomic E-state index is 13.3. The van der Waals surface area contributed by atoms with Crippen molar-refractivity contribution in [3.8, 4) is 22.0 Å². The fourth-order valence-corrected chi connectivity index (χ4v) is 4.56. The van der Waals surface area contributed by atoms with Crippen LogP contribution >= 0.6 is 11.3 Å². The van der Waals surface area contributed by atoms with Gasteiger partial charge in [0, 0.05) is 29.9 Å². The first-order valence-corrected chi connectivity index (χ1v) is 11.7. The van der Waals surface area contributed by atoms with Gasteiger partial charge in [0.2, 0.25) is 0 Å². The second-order valence-electron chi connectivity index (χ2n) is 7.96. The van der Waals surface area contributed by atoms with Gasteiger partial charge in [-0.2, -0.15) is 23.4 Å². The number of amides is 1. The van der Waals surface area contributed by atoms with E-state index < -0.39 is 17.8 Å². The molecular formula is C22H20F3N7O2S. The van der Waals surface area contributed by atoms with Crippen molar-refractivity contribution in [1.82, 2.24) is 29.9 Å². The number of anilines is 1. The molecule has 4 aromatic heterocycles. The molecule has 4 aromatic rings. The zero-order chi connectivity index (χ0) is 24.6. The maximum Gasteiger partial charge on any atom is 0.433 e. The summed E-state index contributed by atoms with van der Waals surface area (Å²) >= 11 is 1.28. The first-order chi connectivity index (χ1) is 16.8. The molecule has 1 aliphatic rings. The van der Waals surface area contributed by atoms with Gasteiger partial charge in [-0.3, -0.25) is 14.6 Å². The Morgan fingerprint density at radius 3 is 2.86 bits per heavy atom. The molecule has 9 nitrogen and oxygen atoms in total. The molecule has 5 rings (SSSR count). The molecule has 0 saturated heterocycles. The van der Waals surface area contributed by atoms with E-state index in [0.717, 1.165) is 24.5 Å². The highest BCUT2D eigenvalue weighted by atomic mass is 32.1. The predicted octanol–water partition coefficient (Wildman–Crippen LogP) is 4.80. The Kier molecular flexibility index (Phi) is 6.11. The SMILES string of the molecule is CCO[C@H]1C[C@H](n2cc(NC(=O)c3csc(-c4cn[nH]c4)n3)c(-c3cccc(C(F)(F)F)n3)n2)C1. The van der Waals surface area contributed by atoms with Crippen molar-refractivity contribution in [3.63, 3.8) is 0 Å². The lowest BCUT2D eigenvalue weighted by molar-refractivity contribution is -0.141. The molecule has 0 radical (unpaired) electrons. The molecule has 0 atom stereocenters. The quantitative estimate of drug-likeness (QED) is 0.375. The van der Waals surface area contributed by atoms with Gasteiger partial charge >= 0.3 is 6.18 Å². The van der Waals surface area contributed by atoms with Crippen molar-refractivity contribution >= 4 is 22.9 Å². The van der Waals surface area contributed by atoms with Gasteiger partial charge in [-0.15, -0.1) is 11.3 Å². The number of pyridine rings is 1. The Hall–Kier alpha value is -3.58. The van der Waals surface area contributed by atoms with Crippen LogP contribution in [0.4, 0.5) is 18.9 Å². The number of aromatic nitrogens is 6. The molecule has 35 heavy (non-hydrogen) atoms. The lowest BCUT2D eigenvalue weighted by Crippen LogP contribution is -2.33. The molecule has 0 unspecified atom stereocenters. The van der Waals surface area contributed by atoms with Gasteiger partial charge in [0.25, 0.3) is 5.91 Å². The normalized spacial score (nSPS) is 17.8. The minimum atomic E-state index is -4.61. The van der Waals surface area contributed by atoms with Crippen LogP contribution in [0, 0.1) is 0 Å². The Labute approximate surface area is 201 Å². The van der Waals surface area contributed by atoms with Crippen molar-refractivity contribution in [2.75, 3.05) is 11.9 Å². The number of nitrogens with one attached hydrogen (secondary N) is 2. The molecule has 182 valence electrons. The van der Waals surface area contributed by atoms with E-state index in [2.05, 4.69) is 30.6 Å². The van der Waals surface area contributed by atoms with Gasteiger partial charge in [0.15, 0.2) is 0 Å². The summed E-state index contributed by atoms with van der Waals surface area (Å²) in [4.78, 5) is 21.0. The smallest absolute Gasteiger partial charge is 0.378 e. The molecule has 13 heteroatoms. The third kappa shape index (κ3) is 4.82. The van der Waals surface area contributed by atoms with E-state index in [1.807, 2.05) is 6.92 Å². The van der Waals surface area contributed by atoms with Crippen LogP contribution in [0.5, 0.6) is 0 Å². The van der Waals surface area contributed by atoms with Gasteiger partial charge in [0.05, 0.1) is 29.7 Å². The van der Waals surface area contributed by atoms with E-state index in [9.17, 15) is 18.0 Å². The highest BCUT2D eigenvalue weighted by Gasteiger charge is 2.34. The third-order valence-corrected chi connectivity index (χ3v) is 6.48. The lowest BCUT2D eigenvalue weighted by atomic mass is 9.89. The second kappa shape index (κ2) is 9.23. The summed E-state index contributed by atoms with van der Waals surface area (Å²) in [5.41, 5.74) is 0.277. The Bertz CT molecular complexity index is 1330. The van der Waals surface area contributed by atoms with Crippen LogP contribution in [0.1, 0.15) is 42.0 Å². The second-order valence-corrected chi connectivity index (χ2v) is 8.82. The number of rotatable bonds is 7. The summed E-state index contributed by atoms with van der Waals surface area (Å²) in [5.74, 6) is -0.510. The van der Waals surface area contributed by atoms with Crippen molar-refractivity contribution in [2.45, 2.75) is 38.1 Å². The van der Waals surface area contributed by atoms with Crippen LogP contribution in [0.2, 0.25) is 0 Å². The molecule has 2 N–H and O–H groups in total. The Balaban J connectivity index is 1.44. The molecule has 1 amide bonds. The van der Waals surface area contributed by atoms with Gasteiger partial charge in [0.1, 0.15) is 22.1 Å². The molecule has 0 aliphatic heterocycles. The largest absolute Gasteiger partial charge is 0.433 e. The van der Waals surface area contributed by atoms with E-state index >= 15 is 0 Å². The summed E-state index contributed by atoms with van der Waals surface area (Å²) in [5, 5.41) is 16.0. The average molecular weight is 504 g/mol. The molecule has 0 aromatic carbocycles. The van der Waals surface area contributed by atoms with E-state index in [-0.39, 0.29) is 34.9 Å². The van der Waals surface area contributed by atoms with E-state index in [0.29, 0.717) is 11.6 Å². The lowest BCUT2D eigenvalue weighted by Gasteiger charge is -2.34. The number of carbonyl (C=O) groups is 1. The number of H-pyrrole nitrogens is 1. The zero-order valence-corrected chi connectivity index (χ0v) is 19.2. The number of alkyl halides is 3. The Morgan fingerprint density at radius 1 is 1.31 bits per heavy atom. The van der Waals surface area contributed by atoms with Crippen molar-refractivity contribution < 1.29 is 22.7 Å². The fraction of sp³-hybridized carbons (Fsp3) is 0.318. The summed E-state index contributed by atoms with van der Waals surface area (Å²) in [6.07, 6.45) is 1.82. The van der Waals surface area contributed by atoms with Crippen LogP contribution in [0.25, 0.3) is 22.0 Å². The predicted molar refractivity (Wildman–Crippen MR) is 122 cm³/mol. The van der Waals surface area contributed by atoms with Gasteiger partial charge < -0.3 is 10.1 Å². The number of aromatic amines is 1. The number of hydrogen-bond acceptors (Lipinski definition) is 7. The summed E-state index contributed by atoms with van der Waals surface area (Å²) in [6, 6.07) is 3.60. The molecule has 0 bridgehead atoms. The summed E-state index contributed by atoms with van der Waals surface area (Å²) in [7, 11) is 0. The average Bonchev–Trinajstić information content (AvgIpc) is 3.56. The van der Waals surface area contributed by atoms with Crippen LogP contribution in [0.15, 0.2) is 42.2 Å². The molecule has 1 saturated carbocycles. The molecule has 1 fully saturated rings. The van der Waals surface area contributed by atoms with Gasteiger partial charge in [-0.1, -0.05) is 6.07 Å².